The van der Waals surface area contributed by atoms with E-state index in [-0.39, 0.29) is 5.91 Å². The number of nitrogens with zero attached hydrogens (tertiary/aromatic N) is 3. The van der Waals surface area contributed by atoms with Crippen molar-refractivity contribution in [3.8, 4) is 11.3 Å². The van der Waals surface area contributed by atoms with E-state index in [1.807, 2.05) is 37.3 Å². The SMILES string of the molecule is Cc1nccc[nH]c(-c2ccc(Nc3ccccn3)c3c2CNC3=O)cn1. The molecule has 0 fully saturated rings. The highest BCUT2D eigenvalue weighted by Gasteiger charge is 2.26. The molecule has 0 aliphatic carbocycles. The topological polar surface area (TPSA) is 95.6 Å². The van der Waals surface area contributed by atoms with Crippen LogP contribution in [0.4, 0.5) is 11.5 Å². The summed E-state index contributed by atoms with van der Waals surface area (Å²) in [5.74, 6) is 1.24. The third kappa shape index (κ3) is 3.48. The fraction of sp³-hybridized carbons (Fsp3) is 0.100. The van der Waals surface area contributed by atoms with E-state index in [0.717, 1.165) is 22.5 Å². The van der Waals surface area contributed by atoms with E-state index in [1.165, 1.54) is 0 Å². The van der Waals surface area contributed by atoms with Crippen molar-refractivity contribution >= 4 is 17.4 Å². The van der Waals surface area contributed by atoms with Gasteiger partial charge in [-0.05, 0) is 36.8 Å². The van der Waals surface area contributed by atoms with Gasteiger partial charge in [0.1, 0.15) is 11.6 Å². The number of aryl methyl sites for hydroxylation is 1. The Balaban J connectivity index is 1.83. The maximum atomic E-state index is 12.5. The summed E-state index contributed by atoms with van der Waals surface area (Å²) in [4.78, 5) is 28.5. The summed E-state index contributed by atoms with van der Waals surface area (Å²) < 4.78 is 0. The summed E-state index contributed by atoms with van der Waals surface area (Å²) in [6.07, 6.45) is 6.91. The Hall–Kier alpha value is -3.74. The Labute approximate surface area is 156 Å². The Morgan fingerprint density at radius 3 is 2.78 bits per heavy atom. The lowest BCUT2D eigenvalue weighted by molar-refractivity contribution is 0.0966. The van der Waals surface area contributed by atoms with E-state index < -0.39 is 0 Å². The number of hydrogen-bond acceptors (Lipinski definition) is 5. The van der Waals surface area contributed by atoms with Gasteiger partial charge >= 0.3 is 0 Å². The zero-order valence-electron chi connectivity index (χ0n) is 14.7. The smallest absolute Gasteiger partial charge is 0.254 e. The first-order valence-electron chi connectivity index (χ1n) is 8.55. The van der Waals surface area contributed by atoms with Crippen LogP contribution in [0.3, 0.4) is 0 Å². The van der Waals surface area contributed by atoms with E-state index in [0.29, 0.717) is 23.8 Å². The van der Waals surface area contributed by atoms with Crippen LogP contribution in [0.25, 0.3) is 11.3 Å². The van der Waals surface area contributed by atoms with Gasteiger partial charge in [0.15, 0.2) is 0 Å². The first kappa shape index (κ1) is 16.7. The number of pyridine rings is 1. The Morgan fingerprint density at radius 1 is 1.04 bits per heavy atom. The molecule has 0 saturated carbocycles. The van der Waals surface area contributed by atoms with Crippen LogP contribution >= 0.6 is 0 Å². The first-order chi connectivity index (χ1) is 13.2. The van der Waals surface area contributed by atoms with Crippen molar-refractivity contribution in [3.63, 3.8) is 0 Å². The van der Waals surface area contributed by atoms with Crippen molar-refractivity contribution < 1.29 is 4.79 Å². The van der Waals surface area contributed by atoms with Gasteiger partial charge in [0.05, 0.1) is 23.1 Å². The number of anilines is 2. The molecule has 1 amide bonds. The summed E-state index contributed by atoms with van der Waals surface area (Å²) >= 11 is 0. The zero-order chi connectivity index (χ0) is 18.6. The fourth-order valence-electron chi connectivity index (χ4n) is 2.99. The molecule has 1 aromatic carbocycles. The van der Waals surface area contributed by atoms with Crippen molar-refractivity contribution in [3.05, 3.63) is 78.1 Å². The van der Waals surface area contributed by atoms with Gasteiger partial charge in [0.2, 0.25) is 0 Å². The molecule has 7 heteroatoms. The molecule has 4 rings (SSSR count). The molecule has 0 bridgehead atoms. The Morgan fingerprint density at radius 2 is 1.93 bits per heavy atom. The molecule has 1 aliphatic rings. The van der Waals surface area contributed by atoms with Gasteiger partial charge in [-0.3, -0.25) is 4.79 Å². The maximum Gasteiger partial charge on any atom is 0.254 e. The van der Waals surface area contributed by atoms with Gasteiger partial charge in [0, 0.05) is 30.7 Å². The van der Waals surface area contributed by atoms with Crippen LogP contribution in [0, 0.1) is 6.92 Å². The predicted molar refractivity (Wildman–Crippen MR) is 103 cm³/mol. The molecule has 0 unspecified atom stereocenters. The molecule has 7 nitrogen and oxygen atoms in total. The minimum absolute atomic E-state index is 0.104. The number of hydrogen-bond donors (Lipinski definition) is 3. The normalized spacial score (nSPS) is 12.1. The lowest BCUT2D eigenvalue weighted by Crippen LogP contribution is -2.13. The second kappa shape index (κ2) is 7.25. The summed E-state index contributed by atoms with van der Waals surface area (Å²) in [6, 6.07) is 11.3. The van der Waals surface area contributed by atoms with Gasteiger partial charge < -0.3 is 15.6 Å². The monoisotopic (exact) mass is 358 g/mol. The van der Waals surface area contributed by atoms with Crippen molar-refractivity contribution in [1.82, 2.24) is 25.3 Å². The minimum Gasteiger partial charge on any atom is -0.360 e. The van der Waals surface area contributed by atoms with Crippen LogP contribution in [0.5, 0.6) is 0 Å². The summed E-state index contributed by atoms with van der Waals surface area (Å²) in [5.41, 5.74) is 3.98. The van der Waals surface area contributed by atoms with Crippen molar-refractivity contribution in [2.45, 2.75) is 13.5 Å². The lowest BCUT2D eigenvalue weighted by Gasteiger charge is -2.12. The molecule has 3 heterocycles. The number of amides is 1. The second-order valence-electron chi connectivity index (χ2n) is 6.04. The van der Waals surface area contributed by atoms with Gasteiger partial charge in [-0.15, -0.1) is 0 Å². The third-order valence-electron chi connectivity index (χ3n) is 4.25. The molecule has 27 heavy (non-hydrogen) atoms. The van der Waals surface area contributed by atoms with Crippen LogP contribution < -0.4 is 10.6 Å². The summed E-state index contributed by atoms with van der Waals surface area (Å²) in [6.45, 7) is 2.29. The average molecular weight is 358 g/mol. The molecular formula is C20H18N6O. The number of carbonyl (C=O) groups is 1. The fourth-order valence-corrected chi connectivity index (χ4v) is 2.99. The third-order valence-corrected chi connectivity index (χ3v) is 4.25. The molecule has 0 spiro atoms. The number of H-pyrrole nitrogens is 1. The van der Waals surface area contributed by atoms with Crippen molar-refractivity contribution in [2.75, 3.05) is 5.32 Å². The number of carbonyl (C=O) groups excluding carboxylic acids is 1. The number of fused-ring (bicyclic) bond motifs is 1. The molecule has 0 atom stereocenters. The number of nitrogens with one attached hydrogen (secondary N) is 3. The van der Waals surface area contributed by atoms with Crippen LogP contribution in [0.2, 0.25) is 0 Å². The number of benzene rings is 1. The maximum absolute atomic E-state index is 12.5. The number of aromatic nitrogens is 4. The van der Waals surface area contributed by atoms with Gasteiger partial charge in [-0.1, -0.05) is 12.1 Å². The first-order valence-corrected chi connectivity index (χ1v) is 8.55. The van der Waals surface area contributed by atoms with Crippen molar-refractivity contribution in [2.24, 2.45) is 0 Å². The molecule has 134 valence electrons. The summed E-state index contributed by atoms with van der Waals surface area (Å²) in [5, 5.41) is 6.14. The highest BCUT2D eigenvalue weighted by atomic mass is 16.1. The molecular weight excluding hydrogens is 340 g/mol. The van der Waals surface area contributed by atoms with Gasteiger partial charge in [0.25, 0.3) is 5.91 Å². The van der Waals surface area contributed by atoms with Gasteiger partial charge in [-0.25, -0.2) is 15.0 Å². The van der Waals surface area contributed by atoms with E-state index in [2.05, 4.69) is 30.6 Å². The van der Waals surface area contributed by atoms with Crippen LogP contribution in [0.1, 0.15) is 21.7 Å². The van der Waals surface area contributed by atoms with E-state index in [1.54, 1.807) is 30.9 Å². The number of aromatic amines is 1. The molecule has 1 aliphatic heterocycles. The minimum atomic E-state index is -0.104. The highest BCUT2D eigenvalue weighted by molar-refractivity contribution is 6.05. The van der Waals surface area contributed by atoms with Crippen LogP contribution in [-0.4, -0.2) is 25.8 Å². The lowest BCUT2D eigenvalue weighted by atomic mass is 9.99. The molecule has 2 aromatic heterocycles. The molecule has 3 N–H and O–H groups in total. The average Bonchev–Trinajstić information content (AvgIpc) is 3.11. The largest absolute Gasteiger partial charge is 0.360 e. The quantitative estimate of drug-likeness (QED) is 0.668. The van der Waals surface area contributed by atoms with Crippen LogP contribution in [0.15, 0.2) is 61.2 Å². The van der Waals surface area contributed by atoms with E-state index in [9.17, 15) is 4.79 Å². The molecule has 0 saturated heterocycles. The van der Waals surface area contributed by atoms with E-state index >= 15 is 0 Å². The summed E-state index contributed by atoms with van der Waals surface area (Å²) in [7, 11) is 0. The van der Waals surface area contributed by atoms with Crippen LogP contribution in [-0.2, 0) is 6.54 Å². The molecule has 0 radical (unpaired) electrons. The van der Waals surface area contributed by atoms with E-state index in [4.69, 9.17) is 0 Å². The number of rotatable bonds is 3. The Kier molecular flexibility index (Phi) is 4.49. The van der Waals surface area contributed by atoms with Gasteiger partial charge in [-0.2, -0.15) is 0 Å². The standard InChI is InChI=1S/C20H18N6O/c1-13-21-9-4-10-22-17(12-24-13)14-6-7-16(19-15(14)11-25-20(19)27)26-18-5-2-3-8-23-18/h2-10,12,22H,11H2,1H3,(H,23,26)(H,25,27). The zero-order valence-corrected chi connectivity index (χ0v) is 14.7. The molecule has 3 aromatic rings. The highest BCUT2D eigenvalue weighted by Crippen LogP contribution is 2.33. The Bertz CT molecular complexity index is 1040. The second-order valence-corrected chi connectivity index (χ2v) is 6.04. The predicted octanol–water partition coefficient (Wildman–Crippen LogP) is 3.29. The van der Waals surface area contributed by atoms with Crippen molar-refractivity contribution in [1.29, 1.82) is 0 Å².